The van der Waals surface area contributed by atoms with E-state index in [4.69, 9.17) is 11.6 Å². The summed E-state index contributed by atoms with van der Waals surface area (Å²) in [4.78, 5) is 29.4. The van der Waals surface area contributed by atoms with Gasteiger partial charge >= 0.3 is 0 Å². The van der Waals surface area contributed by atoms with Gasteiger partial charge in [-0.05, 0) is 43.2 Å². The first-order chi connectivity index (χ1) is 15.4. The van der Waals surface area contributed by atoms with E-state index in [1.54, 1.807) is 52.3 Å². The Bertz CT molecular complexity index is 1110. The molecule has 4 rings (SSSR count). The van der Waals surface area contributed by atoms with Crippen molar-refractivity contribution in [1.82, 2.24) is 14.1 Å². The second kappa shape index (κ2) is 9.60. The van der Waals surface area contributed by atoms with E-state index in [0.29, 0.717) is 49.9 Å². The molecule has 7 nitrogen and oxygen atoms in total. The topological polar surface area (TPSA) is 78.0 Å². The van der Waals surface area contributed by atoms with Crippen LogP contribution >= 0.6 is 11.6 Å². The Balaban J connectivity index is 1.48. The number of carbonyl (C=O) groups excluding carboxylic acids is 2. The van der Waals surface area contributed by atoms with Gasteiger partial charge in [-0.15, -0.1) is 0 Å². The lowest BCUT2D eigenvalue weighted by molar-refractivity contribution is 0.0533. The van der Waals surface area contributed by atoms with Gasteiger partial charge in [-0.1, -0.05) is 36.2 Å². The molecule has 2 aliphatic rings. The van der Waals surface area contributed by atoms with Gasteiger partial charge in [-0.3, -0.25) is 9.59 Å². The van der Waals surface area contributed by atoms with Crippen LogP contribution in [-0.2, 0) is 10.0 Å². The molecule has 2 fully saturated rings. The summed E-state index contributed by atoms with van der Waals surface area (Å²) in [5.41, 5.74) is 0.697. The standard InChI is InChI=1S/C23H26ClN3O4S/c24-19-8-6-7-18(17-19)22(28)25-13-15-26(16-14-25)23(29)20-9-2-3-10-21(20)32(30,31)27-11-4-1-5-12-27/h2-3,6-10,17H,1,4-5,11-16H2. The summed E-state index contributed by atoms with van der Waals surface area (Å²) in [6.45, 7) is 2.38. The van der Waals surface area contributed by atoms with E-state index in [0.717, 1.165) is 19.3 Å². The number of carbonyl (C=O) groups is 2. The van der Waals surface area contributed by atoms with Gasteiger partial charge in [0.25, 0.3) is 11.8 Å². The Morgan fingerprint density at radius 3 is 2.03 bits per heavy atom. The second-order valence-corrected chi connectivity index (χ2v) is 10.4. The summed E-state index contributed by atoms with van der Waals surface area (Å²) in [6, 6.07) is 13.2. The third-order valence-corrected chi connectivity index (χ3v) is 8.17. The highest BCUT2D eigenvalue weighted by Gasteiger charge is 2.32. The molecule has 0 aromatic heterocycles. The minimum absolute atomic E-state index is 0.0596. The van der Waals surface area contributed by atoms with Gasteiger partial charge in [0, 0.05) is 49.9 Å². The Morgan fingerprint density at radius 2 is 1.38 bits per heavy atom. The molecule has 32 heavy (non-hydrogen) atoms. The van der Waals surface area contributed by atoms with Crippen molar-refractivity contribution in [3.05, 3.63) is 64.7 Å². The Labute approximate surface area is 193 Å². The molecule has 2 aliphatic heterocycles. The number of piperidine rings is 1. The molecular weight excluding hydrogens is 450 g/mol. The van der Waals surface area contributed by atoms with E-state index in [-0.39, 0.29) is 22.3 Å². The summed E-state index contributed by atoms with van der Waals surface area (Å²) in [5, 5.41) is 0.496. The quantitative estimate of drug-likeness (QED) is 0.680. The lowest BCUT2D eigenvalue weighted by Gasteiger charge is -2.35. The monoisotopic (exact) mass is 475 g/mol. The Morgan fingerprint density at radius 1 is 0.750 bits per heavy atom. The highest BCUT2D eigenvalue weighted by molar-refractivity contribution is 7.89. The average Bonchev–Trinajstić information content (AvgIpc) is 2.84. The van der Waals surface area contributed by atoms with Crippen LogP contribution < -0.4 is 0 Å². The summed E-state index contributed by atoms with van der Waals surface area (Å²) in [6.07, 6.45) is 2.68. The van der Waals surface area contributed by atoms with Gasteiger partial charge in [-0.2, -0.15) is 4.31 Å². The Hall–Kier alpha value is -2.42. The molecule has 0 saturated carbocycles. The number of rotatable bonds is 4. The molecule has 0 bridgehead atoms. The summed E-state index contributed by atoms with van der Waals surface area (Å²) < 4.78 is 27.9. The molecule has 2 aromatic carbocycles. The zero-order valence-electron chi connectivity index (χ0n) is 17.7. The van der Waals surface area contributed by atoms with E-state index in [2.05, 4.69) is 0 Å². The van der Waals surface area contributed by atoms with Gasteiger partial charge in [0.1, 0.15) is 0 Å². The molecule has 2 amide bonds. The van der Waals surface area contributed by atoms with Crippen molar-refractivity contribution in [2.45, 2.75) is 24.2 Å². The lowest BCUT2D eigenvalue weighted by atomic mass is 10.1. The number of hydrogen-bond donors (Lipinski definition) is 0. The van der Waals surface area contributed by atoms with E-state index in [1.807, 2.05) is 0 Å². The van der Waals surface area contributed by atoms with Crippen LogP contribution in [0.25, 0.3) is 0 Å². The predicted octanol–water partition coefficient (Wildman–Crippen LogP) is 3.11. The summed E-state index contributed by atoms with van der Waals surface area (Å²) >= 11 is 5.99. The van der Waals surface area contributed by atoms with Crippen LogP contribution in [0.1, 0.15) is 40.0 Å². The fourth-order valence-electron chi connectivity index (χ4n) is 4.20. The average molecular weight is 476 g/mol. The van der Waals surface area contributed by atoms with E-state index in [9.17, 15) is 18.0 Å². The molecule has 2 aromatic rings. The smallest absolute Gasteiger partial charge is 0.255 e. The number of benzene rings is 2. The van der Waals surface area contributed by atoms with Crippen LogP contribution in [0.5, 0.6) is 0 Å². The largest absolute Gasteiger partial charge is 0.335 e. The number of sulfonamides is 1. The zero-order valence-corrected chi connectivity index (χ0v) is 19.3. The van der Waals surface area contributed by atoms with E-state index < -0.39 is 10.0 Å². The minimum atomic E-state index is -3.73. The first kappa shape index (κ1) is 22.8. The van der Waals surface area contributed by atoms with Gasteiger partial charge in [0.05, 0.1) is 10.5 Å². The number of halogens is 1. The minimum Gasteiger partial charge on any atom is -0.335 e. The van der Waals surface area contributed by atoms with Crippen molar-refractivity contribution in [2.24, 2.45) is 0 Å². The molecule has 9 heteroatoms. The fourth-order valence-corrected chi connectivity index (χ4v) is 6.09. The molecule has 170 valence electrons. The summed E-state index contributed by atoms with van der Waals surface area (Å²) in [7, 11) is -3.73. The van der Waals surface area contributed by atoms with Crippen LogP contribution in [-0.4, -0.2) is 73.6 Å². The van der Waals surface area contributed by atoms with Crippen LogP contribution in [0.2, 0.25) is 5.02 Å². The molecule has 0 atom stereocenters. The van der Waals surface area contributed by atoms with Gasteiger partial charge < -0.3 is 9.80 Å². The first-order valence-electron chi connectivity index (χ1n) is 10.8. The Kier molecular flexibility index (Phi) is 6.83. The van der Waals surface area contributed by atoms with Crippen LogP contribution in [0.4, 0.5) is 0 Å². The second-order valence-electron chi connectivity index (χ2n) is 8.06. The van der Waals surface area contributed by atoms with Crippen LogP contribution in [0.15, 0.2) is 53.4 Å². The lowest BCUT2D eigenvalue weighted by Crippen LogP contribution is -2.50. The van der Waals surface area contributed by atoms with E-state index >= 15 is 0 Å². The maximum Gasteiger partial charge on any atom is 0.255 e. The zero-order chi connectivity index (χ0) is 22.7. The molecule has 0 aliphatic carbocycles. The SMILES string of the molecule is O=C(c1cccc(Cl)c1)N1CCN(C(=O)c2ccccc2S(=O)(=O)N2CCCCC2)CC1. The molecule has 0 N–H and O–H groups in total. The van der Waals surface area contributed by atoms with Crippen LogP contribution in [0, 0.1) is 0 Å². The number of nitrogens with zero attached hydrogens (tertiary/aromatic N) is 3. The number of amides is 2. The van der Waals surface area contributed by atoms with E-state index in [1.165, 1.54) is 10.4 Å². The highest BCUT2D eigenvalue weighted by Crippen LogP contribution is 2.25. The molecule has 2 saturated heterocycles. The van der Waals surface area contributed by atoms with Crippen molar-refractivity contribution in [1.29, 1.82) is 0 Å². The highest BCUT2D eigenvalue weighted by atomic mass is 35.5. The van der Waals surface area contributed by atoms with Crippen molar-refractivity contribution < 1.29 is 18.0 Å². The van der Waals surface area contributed by atoms with Crippen molar-refractivity contribution in [3.63, 3.8) is 0 Å². The van der Waals surface area contributed by atoms with Gasteiger partial charge in [0.2, 0.25) is 10.0 Å². The molecule has 0 spiro atoms. The predicted molar refractivity (Wildman–Crippen MR) is 122 cm³/mol. The first-order valence-corrected chi connectivity index (χ1v) is 12.6. The number of hydrogen-bond acceptors (Lipinski definition) is 4. The van der Waals surface area contributed by atoms with Crippen molar-refractivity contribution >= 4 is 33.4 Å². The molecular formula is C23H26ClN3O4S. The van der Waals surface area contributed by atoms with Crippen molar-refractivity contribution in [2.75, 3.05) is 39.3 Å². The fraction of sp³-hybridized carbons (Fsp3) is 0.391. The maximum absolute atomic E-state index is 13.3. The van der Waals surface area contributed by atoms with Crippen LogP contribution in [0.3, 0.4) is 0 Å². The summed E-state index contributed by atoms with van der Waals surface area (Å²) in [5.74, 6) is -0.455. The molecule has 0 unspecified atom stereocenters. The van der Waals surface area contributed by atoms with Crippen molar-refractivity contribution in [3.8, 4) is 0 Å². The third kappa shape index (κ3) is 4.67. The van der Waals surface area contributed by atoms with Gasteiger partial charge in [-0.25, -0.2) is 8.42 Å². The van der Waals surface area contributed by atoms with Gasteiger partial charge in [0.15, 0.2) is 0 Å². The molecule has 0 radical (unpaired) electrons. The normalized spacial score (nSPS) is 17.9. The third-order valence-electron chi connectivity index (χ3n) is 5.98. The molecule has 2 heterocycles. The number of piperazine rings is 1. The maximum atomic E-state index is 13.3.